The Morgan fingerprint density at radius 2 is 2.00 bits per heavy atom. The first-order chi connectivity index (χ1) is 10.2. The summed E-state index contributed by atoms with van der Waals surface area (Å²) in [5.41, 5.74) is 1.88. The van der Waals surface area contributed by atoms with Crippen LogP contribution in [0.4, 0.5) is 4.39 Å². The van der Waals surface area contributed by atoms with Gasteiger partial charge in [0.1, 0.15) is 17.7 Å². The first-order valence-electron chi connectivity index (χ1n) is 6.89. The fraction of sp³-hybridized carbons (Fsp3) is 0.375. The molecule has 0 aliphatic heterocycles. The summed E-state index contributed by atoms with van der Waals surface area (Å²) >= 11 is 0. The predicted molar refractivity (Wildman–Crippen MR) is 76.3 cm³/mol. The normalized spacial score (nSPS) is 12.5. The van der Waals surface area contributed by atoms with Crippen LogP contribution < -0.4 is 0 Å². The van der Waals surface area contributed by atoms with Gasteiger partial charge >= 0.3 is 0 Å². The number of hydrogen-bond donors (Lipinski definition) is 2. The van der Waals surface area contributed by atoms with Gasteiger partial charge in [0, 0.05) is 12.2 Å². The lowest BCUT2D eigenvalue weighted by Gasteiger charge is -2.07. The number of aliphatic hydroxyl groups excluding tert-OH is 2. The van der Waals surface area contributed by atoms with E-state index in [4.69, 9.17) is 19.4 Å². The van der Waals surface area contributed by atoms with Crippen molar-refractivity contribution >= 4 is 0 Å². The molecule has 1 aromatic heterocycles. The lowest BCUT2D eigenvalue weighted by Crippen LogP contribution is -2.19. The summed E-state index contributed by atoms with van der Waals surface area (Å²) in [5, 5.41) is 17.7. The second-order valence-corrected chi connectivity index (χ2v) is 4.84. The monoisotopic (exact) mass is 294 g/mol. The Labute approximate surface area is 122 Å². The molecule has 1 heterocycles. The van der Waals surface area contributed by atoms with Crippen LogP contribution in [0.1, 0.15) is 12.0 Å². The molecule has 114 valence electrons. The molecule has 0 saturated carbocycles. The maximum atomic E-state index is 12.9. The Balaban J connectivity index is 1.77. The van der Waals surface area contributed by atoms with Gasteiger partial charge in [0.15, 0.2) is 0 Å². The average Bonchev–Trinajstić information content (AvgIpc) is 2.96. The molecule has 0 radical (unpaired) electrons. The van der Waals surface area contributed by atoms with Crippen LogP contribution in [0.15, 0.2) is 41.0 Å². The second-order valence-electron chi connectivity index (χ2n) is 4.84. The largest absolute Gasteiger partial charge is 0.464 e. The first-order valence-corrected chi connectivity index (χ1v) is 6.89. The molecule has 0 amide bonds. The van der Waals surface area contributed by atoms with E-state index < -0.39 is 6.10 Å². The fourth-order valence-electron chi connectivity index (χ4n) is 1.92. The lowest BCUT2D eigenvalue weighted by molar-refractivity contribution is 0.00574. The third-order valence-electron chi connectivity index (χ3n) is 3.06. The summed E-state index contributed by atoms with van der Waals surface area (Å²) in [6.07, 6.45) is 2.45. The molecular formula is C16H19FO4. The van der Waals surface area contributed by atoms with Crippen LogP contribution in [-0.4, -0.2) is 36.1 Å². The van der Waals surface area contributed by atoms with Crippen LogP contribution in [-0.2, 0) is 11.2 Å². The number of halogens is 1. The molecule has 5 heteroatoms. The Bertz CT molecular complexity index is 535. The van der Waals surface area contributed by atoms with E-state index in [1.165, 1.54) is 12.1 Å². The Kier molecular flexibility index (Phi) is 5.92. The van der Waals surface area contributed by atoms with Crippen molar-refractivity contribution in [1.82, 2.24) is 0 Å². The van der Waals surface area contributed by atoms with Crippen molar-refractivity contribution in [2.24, 2.45) is 0 Å². The van der Waals surface area contributed by atoms with Crippen LogP contribution in [0.3, 0.4) is 0 Å². The topological polar surface area (TPSA) is 62.8 Å². The van der Waals surface area contributed by atoms with Gasteiger partial charge in [0.25, 0.3) is 0 Å². The third kappa shape index (κ3) is 4.97. The van der Waals surface area contributed by atoms with Gasteiger partial charge in [-0.1, -0.05) is 0 Å². The summed E-state index contributed by atoms with van der Waals surface area (Å²) in [6.45, 7) is 0.361. The van der Waals surface area contributed by atoms with Crippen molar-refractivity contribution in [1.29, 1.82) is 0 Å². The van der Waals surface area contributed by atoms with Crippen LogP contribution >= 0.6 is 0 Å². The molecule has 1 aromatic carbocycles. The van der Waals surface area contributed by atoms with Crippen molar-refractivity contribution in [3.63, 3.8) is 0 Å². The zero-order valence-electron chi connectivity index (χ0n) is 11.7. The van der Waals surface area contributed by atoms with Crippen molar-refractivity contribution < 1.29 is 23.8 Å². The molecule has 0 saturated heterocycles. The van der Waals surface area contributed by atoms with Crippen molar-refractivity contribution in [3.8, 4) is 11.3 Å². The van der Waals surface area contributed by atoms with E-state index in [0.29, 0.717) is 12.4 Å². The molecule has 0 fully saturated rings. The molecule has 0 aliphatic rings. The van der Waals surface area contributed by atoms with E-state index in [9.17, 15) is 4.39 Å². The van der Waals surface area contributed by atoms with Gasteiger partial charge in [-0.05, 0) is 48.7 Å². The molecule has 21 heavy (non-hydrogen) atoms. The van der Waals surface area contributed by atoms with Crippen LogP contribution in [0.2, 0.25) is 0 Å². The van der Waals surface area contributed by atoms with Gasteiger partial charge in [-0.15, -0.1) is 0 Å². The summed E-state index contributed by atoms with van der Waals surface area (Å²) in [7, 11) is 0. The van der Waals surface area contributed by atoms with Crippen molar-refractivity contribution in [3.05, 3.63) is 48.0 Å². The Morgan fingerprint density at radius 1 is 1.24 bits per heavy atom. The fourth-order valence-corrected chi connectivity index (χ4v) is 1.92. The zero-order chi connectivity index (χ0) is 15.1. The minimum absolute atomic E-state index is 0.142. The Morgan fingerprint density at radius 3 is 2.71 bits per heavy atom. The standard InChI is InChI=1S/C16H19FO4/c17-14-5-3-13(4-6-14)16-8-12(10-21-16)2-1-7-20-11-15(19)9-18/h3-6,8,10,15,18-19H,1-2,7,9,11H2/t15-/m0/s1. The van der Waals surface area contributed by atoms with E-state index >= 15 is 0 Å². The molecular weight excluding hydrogens is 275 g/mol. The lowest BCUT2D eigenvalue weighted by atomic mass is 10.1. The molecule has 0 unspecified atom stereocenters. The summed E-state index contributed by atoms with van der Waals surface area (Å²) in [4.78, 5) is 0. The summed E-state index contributed by atoms with van der Waals surface area (Å²) in [6, 6.07) is 8.08. The average molecular weight is 294 g/mol. The third-order valence-corrected chi connectivity index (χ3v) is 3.06. The summed E-state index contributed by atoms with van der Waals surface area (Å²) in [5.74, 6) is 0.439. The number of aryl methyl sites for hydroxylation is 1. The van der Waals surface area contributed by atoms with Gasteiger partial charge in [-0.2, -0.15) is 0 Å². The van der Waals surface area contributed by atoms with E-state index in [1.807, 2.05) is 6.07 Å². The van der Waals surface area contributed by atoms with Gasteiger partial charge in [0.2, 0.25) is 0 Å². The van der Waals surface area contributed by atoms with Crippen LogP contribution in [0.25, 0.3) is 11.3 Å². The maximum Gasteiger partial charge on any atom is 0.134 e. The highest BCUT2D eigenvalue weighted by molar-refractivity contribution is 5.57. The number of benzene rings is 1. The highest BCUT2D eigenvalue weighted by atomic mass is 19.1. The van der Waals surface area contributed by atoms with Crippen LogP contribution in [0.5, 0.6) is 0 Å². The van der Waals surface area contributed by atoms with Crippen molar-refractivity contribution in [2.45, 2.75) is 18.9 Å². The van der Waals surface area contributed by atoms with E-state index in [2.05, 4.69) is 0 Å². The SMILES string of the molecule is OC[C@H](O)COCCCc1coc(-c2ccc(F)cc2)c1. The first kappa shape index (κ1) is 15.7. The molecule has 4 nitrogen and oxygen atoms in total. The smallest absolute Gasteiger partial charge is 0.134 e. The number of ether oxygens (including phenoxy) is 1. The number of hydrogen-bond acceptors (Lipinski definition) is 4. The molecule has 2 N–H and O–H groups in total. The summed E-state index contributed by atoms with van der Waals surface area (Å²) < 4.78 is 23.5. The van der Waals surface area contributed by atoms with E-state index in [0.717, 1.165) is 24.0 Å². The highest BCUT2D eigenvalue weighted by Crippen LogP contribution is 2.23. The van der Waals surface area contributed by atoms with Gasteiger partial charge < -0.3 is 19.4 Å². The predicted octanol–water partition coefficient (Wildman–Crippen LogP) is 2.39. The molecule has 2 rings (SSSR count). The quantitative estimate of drug-likeness (QED) is 0.734. The zero-order valence-corrected chi connectivity index (χ0v) is 11.7. The minimum Gasteiger partial charge on any atom is -0.464 e. The number of rotatable bonds is 8. The maximum absolute atomic E-state index is 12.9. The minimum atomic E-state index is -0.816. The van der Waals surface area contributed by atoms with E-state index in [1.54, 1.807) is 18.4 Å². The highest BCUT2D eigenvalue weighted by Gasteiger charge is 2.05. The second kappa shape index (κ2) is 7.93. The molecule has 0 bridgehead atoms. The molecule has 2 aromatic rings. The van der Waals surface area contributed by atoms with Gasteiger partial charge in [0.05, 0.1) is 19.5 Å². The molecule has 0 aliphatic carbocycles. The van der Waals surface area contributed by atoms with Gasteiger partial charge in [-0.3, -0.25) is 0 Å². The molecule has 1 atom stereocenters. The number of furan rings is 1. The van der Waals surface area contributed by atoms with Gasteiger partial charge in [-0.25, -0.2) is 4.39 Å². The van der Waals surface area contributed by atoms with Crippen molar-refractivity contribution in [2.75, 3.05) is 19.8 Å². The van der Waals surface area contributed by atoms with E-state index in [-0.39, 0.29) is 19.0 Å². The number of aliphatic hydroxyl groups is 2. The van der Waals surface area contributed by atoms with Crippen LogP contribution in [0, 0.1) is 5.82 Å². The molecule has 0 spiro atoms. The Hall–Kier alpha value is -1.69.